The van der Waals surface area contributed by atoms with Gasteiger partial charge in [-0.2, -0.15) is 0 Å². The van der Waals surface area contributed by atoms with Crippen molar-refractivity contribution in [3.05, 3.63) is 33.8 Å². The van der Waals surface area contributed by atoms with Gasteiger partial charge in [-0.1, -0.05) is 23.2 Å². The molecule has 0 aliphatic carbocycles. The van der Waals surface area contributed by atoms with Crippen LogP contribution in [0.3, 0.4) is 0 Å². The lowest BCUT2D eigenvalue weighted by Gasteiger charge is -2.29. The van der Waals surface area contributed by atoms with Crippen LogP contribution in [-0.2, 0) is 11.3 Å². The van der Waals surface area contributed by atoms with E-state index in [9.17, 15) is 0 Å². The second kappa shape index (κ2) is 5.15. The molecule has 0 amide bonds. The van der Waals surface area contributed by atoms with Gasteiger partial charge in [0.25, 0.3) is 0 Å². The zero-order valence-corrected chi connectivity index (χ0v) is 11.6. The van der Waals surface area contributed by atoms with Gasteiger partial charge >= 0.3 is 0 Å². The molecule has 94 valence electrons. The second-order valence-electron chi connectivity index (χ2n) is 4.77. The van der Waals surface area contributed by atoms with Gasteiger partial charge in [0, 0.05) is 28.7 Å². The predicted molar refractivity (Wildman–Crippen MR) is 71.7 cm³/mol. The largest absolute Gasteiger partial charge is 0.377 e. The van der Waals surface area contributed by atoms with Gasteiger partial charge < -0.3 is 10.1 Å². The van der Waals surface area contributed by atoms with Crippen molar-refractivity contribution < 1.29 is 4.74 Å². The Bertz CT molecular complexity index is 410. The van der Waals surface area contributed by atoms with Crippen LogP contribution in [0.15, 0.2) is 18.2 Å². The van der Waals surface area contributed by atoms with Crippen LogP contribution >= 0.6 is 23.2 Å². The molecule has 1 aliphatic heterocycles. The molecule has 2 rings (SSSR count). The predicted octanol–water partition coefficient (Wildman–Crippen LogP) is 3.65. The Morgan fingerprint density at radius 1 is 1.47 bits per heavy atom. The minimum absolute atomic E-state index is 0.0195. The molecule has 0 radical (unpaired) electrons. The summed E-state index contributed by atoms with van der Waals surface area (Å²) in [6, 6.07) is 5.54. The highest BCUT2D eigenvalue weighted by Crippen LogP contribution is 2.27. The highest BCUT2D eigenvalue weighted by Gasteiger charge is 2.36. The minimum Gasteiger partial charge on any atom is -0.377 e. The van der Waals surface area contributed by atoms with Crippen LogP contribution in [0.25, 0.3) is 0 Å². The van der Waals surface area contributed by atoms with E-state index in [0.29, 0.717) is 11.6 Å². The summed E-state index contributed by atoms with van der Waals surface area (Å²) in [6.07, 6.45) is 1.24. The van der Waals surface area contributed by atoms with Crippen LogP contribution < -0.4 is 5.32 Å². The molecule has 0 aromatic heterocycles. The molecule has 1 aromatic rings. The van der Waals surface area contributed by atoms with Crippen molar-refractivity contribution in [2.75, 3.05) is 6.61 Å². The minimum atomic E-state index is 0.0195. The Morgan fingerprint density at radius 3 is 2.88 bits per heavy atom. The van der Waals surface area contributed by atoms with Gasteiger partial charge in [-0.3, -0.25) is 0 Å². The van der Waals surface area contributed by atoms with E-state index in [1.807, 2.05) is 12.1 Å². The summed E-state index contributed by atoms with van der Waals surface area (Å²) in [5, 5.41) is 4.99. The number of benzene rings is 1. The number of rotatable bonds is 3. The third kappa shape index (κ3) is 2.94. The Balaban J connectivity index is 2.04. The molecule has 1 heterocycles. The van der Waals surface area contributed by atoms with E-state index in [2.05, 4.69) is 19.2 Å². The Hall–Kier alpha value is -0.280. The van der Waals surface area contributed by atoms with Crippen molar-refractivity contribution in [3.63, 3.8) is 0 Å². The first-order valence-corrected chi connectivity index (χ1v) is 6.57. The molecule has 1 N–H and O–H groups in total. The Labute approximate surface area is 112 Å². The van der Waals surface area contributed by atoms with E-state index in [1.165, 1.54) is 0 Å². The monoisotopic (exact) mass is 273 g/mol. The van der Waals surface area contributed by atoms with Crippen LogP contribution in [0.2, 0.25) is 10.0 Å². The summed E-state index contributed by atoms with van der Waals surface area (Å²) in [7, 11) is 0. The summed E-state index contributed by atoms with van der Waals surface area (Å²) in [5.74, 6) is 0. The Morgan fingerprint density at radius 2 is 2.24 bits per heavy atom. The number of nitrogens with one attached hydrogen (secondary N) is 1. The summed E-state index contributed by atoms with van der Waals surface area (Å²) >= 11 is 12.1. The molecule has 1 fully saturated rings. The van der Waals surface area contributed by atoms with E-state index in [4.69, 9.17) is 27.9 Å². The number of halogens is 2. The number of hydrogen-bond donors (Lipinski definition) is 1. The first-order chi connectivity index (χ1) is 8.01. The molecular formula is C13H17Cl2NO. The van der Waals surface area contributed by atoms with Gasteiger partial charge in [0.1, 0.15) is 0 Å². The summed E-state index contributed by atoms with van der Waals surface area (Å²) in [6.45, 7) is 5.81. The van der Waals surface area contributed by atoms with Crippen LogP contribution in [0.4, 0.5) is 0 Å². The summed E-state index contributed by atoms with van der Waals surface area (Å²) < 4.78 is 5.59. The molecular weight excluding hydrogens is 257 g/mol. The van der Waals surface area contributed by atoms with Crippen molar-refractivity contribution in [1.29, 1.82) is 0 Å². The molecule has 1 aromatic carbocycles. The fourth-order valence-electron chi connectivity index (χ4n) is 2.04. The van der Waals surface area contributed by atoms with Crippen molar-refractivity contribution in [2.24, 2.45) is 0 Å². The lowest BCUT2D eigenvalue weighted by Crippen LogP contribution is -2.47. The van der Waals surface area contributed by atoms with Crippen molar-refractivity contribution in [2.45, 2.75) is 38.5 Å². The second-order valence-corrected chi connectivity index (χ2v) is 5.61. The summed E-state index contributed by atoms with van der Waals surface area (Å²) in [4.78, 5) is 0. The molecule has 1 aliphatic rings. The highest BCUT2D eigenvalue weighted by atomic mass is 35.5. The standard InChI is InChI=1S/C13H17Cl2NO/c1-9-13(2,5-6-17-9)16-8-10-7-11(14)3-4-12(10)15/h3-4,7,9,16H,5-6,8H2,1-2H3. The van der Waals surface area contributed by atoms with Crippen molar-refractivity contribution >= 4 is 23.2 Å². The van der Waals surface area contributed by atoms with Crippen LogP contribution in [0, 0.1) is 0 Å². The zero-order valence-electron chi connectivity index (χ0n) is 10.1. The number of hydrogen-bond acceptors (Lipinski definition) is 2. The van der Waals surface area contributed by atoms with E-state index in [0.717, 1.165) is 23.6 Å². The quantitative estimate of drug-likeness (QED) is 0.908. The molecule has 0 saturated carbocycles. The maximum absolute atomic E-state index is 6.13. The highest BCUT2D eigenvalue weighted by molar-refractivity contribution is 6.33. The SMILES string of the molecule is CC1OCCC1(C)NCc1cc(Cl)ccc1Cl. The smallest absolute Gasteiger partial charge is 0.0726 e. The first-order valence-electron chi connectivity index (χ1n) is 5.82. The maximum Gasteiger partial charge on any atom is 0.0726 e. The van der Waals surface area contributed by atoms with Crippen LogP contribution in [-0.4, -0.2) is 18.2 Å². The lowest BCUT2D eigenvalue weighted by molar-refractivity contribution is 0.0881. The van der Waals surface area contributed by atoms with Gasteiger partial charge in [0.15, 0.2) is 0 Å². The molecule has 2 unspecified atom stereocenters. The molecule has 2 nitrogen and oxygen atoms in total. The van der Waals surface area contributed by atoms with Gasteiger partial charge in [0.2, 0.25) is 0 Å². The fourth-order valence-corrected chi connectivity index (χ4v) is 2.42. The van der Waals surface area contributed by atoms with E-state index in [-0.39, 0.29) is 11.6 Å². The van der Waals surface area contributed by atoms with Crippen LogP contribution in [0.5, 0.6) is 0 Å². The van der Waals surface area contributed by atoms with Gasteiger partial charge in [-0.25, -0.2) is 0 Å². The molecule has 0 spiro atoms. The molecule has 17 heavy (non-hydrogen) atoms. The lowest BCUT2D eigenvalue weighted by atomic mass is 9.94. The van der Waals surface area contributed by atoms with Crippen molar-refractivity contribution in [1.82, 2.24) is 5.32 Å². The van der Waals surface area contributed by atoms with Crippen molar-refractivity contribution in [3.8, 4) is 0 Å². The average Bonchev–Trinajstić information content (AvgIpc) is 2.61. The first kappa shape index (κ1) is 13.2. The number of ether oxygens (including phenoxy) is 1. The maximum atomic E-state index is 6.13. The van der Waals surface area contributed by atoms with E-state index >= 15 is 0 Å². The normalized spacial score (nSPS) is 28.6. The molecule has 1 saturated heterocycles. The van der Waals surface area contributed by atoms with Gasteiger partial charge in [-0.15, -0.1) is 0 Å². The third-order valence-corrected chi connectivity index (χ3v) is 4.18. The van der Waals surface area contributed by atoms with E-state index in [1.54, 1.807) is 6.07 Å². The van der Waals surface area contributed by atoms with Crippen LogP contribution in [0.1, 0.15) is 25.8 Å². The topological polar surface area (TPSA) is 21.3 Å². The van der Waals surface area contributed by atoms with Gasteiger partial charge in [-0.05, 0) is 44.0 Å². The molecule has 4 heteroatoms. The molecule has 2 atom stereocenters. The van der Waals surface area contributed by atoms with Gasteiger partial charge in [0.05, 0.1) is 6.10 Å². The van der Waals surface area contributed by atoms with E-state index < -0.39 is 0 Å². The fraction of sp³-hybridized carbons (Fsp3) is 0.538. The zero-order chi connectivity index (χ0) is 12.5. The summed E-state index contributed by atoms with van der Waals surface area (Å²) in [5.41, 5.74) is 1.05. The molecule has 0 bridgehead atoms. The third-order valence-electron chi connectivity index (χ3n) is 3.58. The average molecular weight is 274 g/mol. The Kier molecular flexibility index (Phi) is 3.99.